The third kappa shape index (κ3) is 7.34. The molecule has 0 aliphatic carbocycles. The molecule has 1 amide bonds. The Morgan fingerprint density at radius 3 is 2.67 bits per heavy atom. The number of methoxy groups -OCH3 is 1. The van der Waals surface area contributed by atoms with E-state index in [-0.39, 0.29) is 6.09 Å². The molecule has 0 aromatic carbocycles. The lowest BCUT2D eigenvalue weighted by Crippen LogP contribution is -2.31. The Morgan fingerprint density at radius 1 is 1.33 bits per heavy atom. The Morgan fingerprint density at radius 2 is 2.08 bits per heavy atom. The largest absolute Gasteiger partial charge is 0.453 e. The fourth-order valence-electron chi connectivity index (χ4n) is 0.752. The van der Waals surface area contributed by atoms with Crippen molar-refractivity contribution in [1.82, 2.24) is 10.6 Å². The van der Waals surface area contributed by atoms with Crippen LogP contribution < -0.4 is 10.6 Å². The molecular weight excluding hydrogens is 156 g/mol. The van der Waals surface area contributed by atoms with Gasteiger partial charge in [-0.15, -0.1) is 0 Å². The number of alkyl carbamates (subject to hydrolysis) is 1. The van der Waals surface area contributed by atoms with E-state index in [2.05, 4.69) is 22.3 Å². The first-order valence-corrected chi connectivity index (χ1v) is 4.33. The summed E-state index contributed by atoms with van der Waals surface area (Å²) in [5.74, 6) is 0. The van der Waals surface area contributed by atoms with E-state index in [1.807, 2.05) is 0 Å². The summed E-state index contributed by atoms with van der Waals surface area (Å²) < 4.78 is 4.40. The van der Waals surface area contributed by atoms with Crippen LogP contribution in [0.1, 0.15) is 19.8 Å². The molecule has 0 fully saturated rings. The third-order valence-electron chi connectivity index (χ3n) is 1.46. The van der Waals surface area contributed by atoms with Crippen molar-refractivity contribution in [2.24, 2.45) is 0 Å². The maximum Gasteiger partial charge on any atom is 0.406 e. The summed E-state index contributed by atoms with van der Waals surface area (Å²) in [6.45, 7) is 4.58. The molecule has 0 heterocycles. The highest BCUT2D eigenvalue weighted by atomic mass is 16.5. The lowest BCUT2D eigenvalue weighted by molar-refractivity contribution is 0.171. The zero-order valence-electron chi connectivity index (χ0n) is 7.85. The summed E-state index contributed by atoms with van der Waals surface area (Å²) in [7, 11) is 1.36. The van der Waals surface area contributed by atoms with Gasteiger partial charge in [-0.2, -0.15) is 0 Å². The molecule has 0 aliphatic rings. The van der Waals surface area contributed by atoms with E-state index in [0.717, 1.165) is 13.1 Å². The molecule has 0 aromatic heterocycles. The average Bonchev–Trinajstić information content (AvgIpc) is 2.10. The van der Waals surface area contributed by atoms with Crippen LogP contribution in [0.5, 0.6) is 0 Å². The molecule has 0 aliphatic heterocycles. The lowest BCUT2D eigenvalue weighted by atomic mass is 10.3. The van der Waals surface area contributed by atoms with Crippen LogP contribution >= 0.6 is 0 Å². The fourth-order valence-corrected chi connectivity index (χ4v) is 0.752. The summed E-state index contributed by atoms with van der Waals surface area (Å²) in [5, 5.41) is 5.78. The number of amides is 1. The van der Waals surface area contributed by atoms with E-state index in [0.29, 0.717) is 6.54 Å². The molecule has 0 saturated carbocycles. The molecule has 12 heavy (non-hydrogen) atoms. The number of hydrogen-bond donors (Lipinski definition) is 2. The smallest absolute Gasteiger partial charge is 0.406 e. The maximum absolute atomic E-state index is 10.5. The number of rotatable bonds is 6. The second-order valence-corrected chi connectivity index (χ2v) is 2.52. The van der Waals surface area contributed by atoms with Crippen LogP contribution in [0.15, 0.2) is 0 Å². The van der Waals surface area contributed by atoms with Crippen LogP contribution in [0.25, 0.3) is 0 Å². The minimum atomic E-state index is -0.368. The molecule has 0 aromatic rings. The Hall–Kier alpha value is -0.770. The van der Waals surface area contributed by atoms with Gasteiger partial charge in [-0.3, -0.25) is 0 Å². The first kappa shape index (κ1) is 11.2. The summed E-state index contributed by atoms with van der Waals surface area (Å²) >= 11 is 0. The second-order valence-electron chi connectivity index (χ2n) is 2.52. The van der Waals surface area contributed by atoms with Crippen LogP contribution in [0.4, 0.5) is 4.79 Å². The van der Waals surface area contributed by atoms with Gasteiger partial charge in [-0.1, -0.05) is 13.3 Å². The van der Waals surface area contributed by atoms with Gasteiger partial charge >= 0.3 is 6.09 Å². The molecule has 0 unspecified atom stereocenters. The summed E-state index contributed by atoms with van der Waals surface area (Å²) in [4.78, 5) is 10.5. The number of carbonyl (C=O) groups excluding carboxylic acids is 1. The molecule has 0 rings (SSSR count). The van der Waals surface area contributed by atoms with Gasteiger partial charge in [-0.25, -0.2) is 4.79 Å². The van der Waals surface area contributed by atoms with Crippen LogP contribution in [0.2, 0.25) is 0 Å². The van der Waals surface area contributed by atoms with Crippen molar-refractivity contribution in [3.8, 4) is 0 Å². The van der Waals surface area contributed by atoms with Crippen LogP contribution in [0.3, 0.4) is 0 Å². The van der Waals surface area contributed by atoms with Crippen molar-refractivity contribution >= 4 is 6.09 Å². The number of unbranched alkanes of at least 4 members (excludes halogenated alkanes) is 1. The lowest BCUT2D eigenvalue weighted by Gasteiger charge is -2.04. The molecule has 0 bridgehead atoms. The van der Waals surface area contributed by atoms with Crippen molar-refractivity contribution in [2.45, 2.75) is 19.8 Å². The Kier molecular flexibility index (Phi) is 7.79. The molecular formula is C8H18N2O2. The van der Waals surface area contributed by atoms with Crippen molar-refractivity contribution in [2.75, 3.05) is 26.7 Å². The third-order valence-corrected chi connectivity index (χ3v) is 1.46. The first-order valence-electron chi connectivity index (χ1n) is 4.33. The SMILES string of the molecule is CCCCNCCNC(=O)OC. The minimum Gasteiger partial charge on any atom is -0.453 e. The van der Waals surface area contributed by atoms with Gasteiger partial charge in [0.1, 0.15) is 0 Å². The Bertz CT molecular complexity index is 118. The Balaban J connectivity index is 2.95. The molecule has 0 atom stereocenters. The summed E-state index contributed by atoms with van der Waals surface area (Å²) in [6.07, 6.45) is 2.00. The molecule has 4 heteroatoms. The van der Waals surface area contributed by atoms with Gasteiger partial charge in [0.25, 0.3) is 0 Å². The van der Waals surface area contributed by atoms with Gasteiger partial charge in [0.2, 0.25) is 0 Å². The maximum atomic E-state index is 10.5. The fraction of sp³-hybridized carbons (Fsp3) is 0.875. The predicted octanol–water partition coefficient (Wildman–Crippen LogP) is 0.732. The number of ether oxygens (including phenoxy) is 1. The topological polar surface area (TPSA) is 50.4 Å². The van der Waals surface area contributed by atoms with Crippen molar-refractivity contribution in [1.29, 1.82) is 0 Å². The quantitative estimate of drug-likeness (QED) is 0.584. The first-order chi connectivity index (χ1) is 5.81. The molecule has 0 radical (unpaired) electrons. The van der Waals surface area contributed by atoms with E-state index < -0.39 is 0 Å². The standard InChI is InChI=1S/C8H18N2O2/c1-3-4-5-9-6-7-10-8(11)12-2/h9H,3-7H2,1-2H3,(H,10,11). The number of carbonyl (C=O) groups is 1. The van der Waals surface area contributed by atoms with Gasteiger partial charge in [-0.05, 0) is 13.0 Å². The van der Waals surface area contributed by atoms with Crippen molar-refractivity contribution in [3.63, 3.8) is 0 Å². The minimum absolute atomic E-state index is 0.368. The van der Waals surface area contributed by atoms with E-state index >= 15 is 0 Å². The Labute approximate surface area is 73.7 Å². The van der Waals surface area contributed by atoms with Crippen molar-refractivity contribution < 1.29 is 9.53 Å². The van der Waals surface area contributed by atoms with Crippen LogP contribution in [-0.2, 0) is 4.74 Å². The average molecular weight is 174 g/mol. The van der Waals surface area contributed by atoms with Gasteiger partial charge < -0.3 is 15.4 Å². The van der Waals surface area contributed by atoms with E-state index in [4.69, 9.17) is 0 Å². The predicted molar refractivity (Wildman–Crippen MR) is 48.2 cm³/mol. The van der Waals surface area contributed by atoms with Crippen LogP contribution in [-0.4, -0.2) is 32.8 Å². The zero-order valence-corrected chi connectivity index (χ0v) is 7.85. The molecule has 0 saturated heterocycles. The van der Waals surface area contributed by atoms with Crippen LogP contribution in [0, 0.1) is 0 Å². The number of hydrogen-bond acceptors (Lipinski definition) is 3. The van der Waals surface area contributed by atoms with E-state index in [1.54, 1.807) is 0 Å². The van der Waals surface area contributed by atoms with E-state index in [9.17, 15) is 4.79 Å². The highest BCUT2D eigenvalue weighted by Crippen LogP contribution is 1.80. The molecule has 4 nitrogen and oxygen atoms in total. The van der Waals surface area contributed by atoms with E-state index in [1.165, 1.54) is 20.0 Å². The normalized spacial score (nSPS) is 9.50. The van der Waals surface area contributed by atoms with Gasteiger partial charge in [0.05, 0.1) is 7.11 Å². The zero-order chi connectivity index (χ0) is 9.23. The highest BCUT2D eigenvalue weighted by Gasteiger charge is 1.94. The molecule has 72 valence electrons. The molecule has 0 spiro atoms. The second kappa shape index (κ2) is 8.33. The summed E-state index contributed by atoms with van der Waals surface area (Å²) in [6, 6.07) is 0. The van der Waals surface area contributed by atoms with Gasteiger partial charge in [0.15, 0.2) is 0 Å². The monoisotopic (exact) mass is 174 g/mol. The van der Waals surface area contributed by atoms with Gasteiger partial charge in [0, 0.05) is 13.1 Å². The molecule has 2 N–H and O–H groups in total. The number of nitrogens with one attached hydrogen (secondary N) is 2. The van der Waals surface area contributed by atoms with Crippen molar-refractivity contribution in [3.05, 3.63) is 0 Å². The highest BCUT2D eigenvalue weighted by molar-refractivity contribution is 5.66. The summed E-state index contributed by atoms with van der Waals surface area (Å²) in [5.41, 5.74) is 0.